The van der Waals surface area contributed by atoms with E-state index in [0.717, 1.165) is 27.8 Å². The second kappa shape index (κ2) is 10.1. The number of morpholine rings is 1. The molecule has 0 N–H and O–H groups in total. The maximum absolute atomic E-state index is 13.7. The number of hydrogen-bond donors (Lipinski definition) is 0. The first-order valence-electron chi connectivity index (χ1n) is 11.2. The topological polar surface area (TPSA) is 66.0 Å². The second-order valence-corrected chi connectivity index (χ2v) is 10.4. The van der Waals surface area contributed by atoms with Gasteiger partial charge in [-0.2, -0.15) is 0 Å². The first kappa shape index (κ1) is 23.3. The Hall–Kier alpha value is -2.40. The van der Waals surface area contributed by atoms with Crippen molar-refractivity contribution in [2.75, 3.05) is 55.7 Å². The van der Waals surface area contributed by atoms with Crippen LogP contribution < -0.4 is 9.80 Å². The molecule has 3 heterocycles. The Balaban J connectivity index is 1.38. The second-order valence-electron chi connectivity index (χ2n) is 8.43. The summed E-state index contributed by atoms with van der Waals surface area (Å²) in [5.74, 6) is -1.09. The molecule has 10 heteroatoms. The Kier molecular flexibility index (Phi) is 6.91. The van der Waals surface area contributed by atoms with Crippen molar-refractivity contribution in [3.8, 4) is 0 Å². The molecule has 2 aliphatic rings. The molecule has 2 amide bonds. The van der Waals surface area contributed by atoms with Crippen LogP contribution in [0.25, 0.3) is 10.2 Å². The number of fused-ring (bicyclic) bond motifs is 1. The summed E-state index contributed by atoms with van der Waals surface area (Å²) in [6.07, 6.45) is 0.126. The van der Waals surface area contributed by atoms with E-state index < -0.39 is 5.92 Å². The van der Waals surface area contributed by atoms with Crippen molar-refractivity contribution in [1.29, 1.82) is 0 Å². The summed E-state index contributed by atoms with van der Waals surface area (Å²) in [6.45, 7) is 4.50. The van der Waals surface area contributed by atoms with Gasteiger partial charge in [-0.25, -0.2) is 9.37 Å². The number of thiazole rings is 1. The number of nitrogens with zero attached hydrogens (tertiary/aromatic N) is 4. The van der Waals surface area contributed by atoms with Crippen LogP contribution in [0.1, 0.15) is 6.42 Å². The van der Waals surface area contributed by atoms with Crippen molar-refractivity contribution in [3.63, 3.8) is 0 Å². The van der Waals surface area contributed by atoms with Gasteiger partial charge in [-0.15, -0.1) is 0 Å². The summed E-state index contributed by atoms with van der Waals surface area (Å²) < 4.78 is 20.7. The van der Waals surface area contributed by atoms with Crippen molar-refractivity contribution >= 4 is 60.1 Å². The first-order valence-corrected chi connectivity index (χ1v) is 12.8. The lowest BCUT2D eigenvalue weighted by Gasteiger charge is -2.30. The van der Waals surface area contributed by atoms with Gasteiger partial charge in [0.1, 0.15) is 5.82 Å². The van der Waals surface area contributed by atoms with E-state index in [-0.39, 0.29) is 30.6 Å². The number of halogens is 2. The SMILES string of the molecule is O=C1CC(C(=O)N(CCN2CCOCC2)c2nc3ccc(Br)cc3s2)CN1c1ccc(F)cc1. The summed E-state index contributed by atoms with van der Waals surface area (Å²) in [6, 6.07) is 11.7. The molecule has 178 valence electrons. The van der Waals surface area contributed by atoms with Crippen LogP contribution in [0.15, 0.2) is 46.9 Å². The van der Waals surface area contributed by atoms with E-state index in [2.05, 4.69) is 20.8 Å². The van der Waals surface area contributed by atoms with E-state index in [1.807, 2.05) is 18.2 Å². The quantitative estimate of drug-likeness (QED) is 0.469. The van der Waals surface area contributed by atoms with E-state index >= 15 is 0 Å². The molecule has 1 atom stereocenters. The number of carbonyl (C=O) groups is 2. The Morgan fingerprint density at radius 2 is 1.97 bits per heavy atom. The molecule has 7 nitrogen and oxygen atoms in total. The average molecular weight is 547 g/mol. The first-order chi connectivity index (χ1) is 16.5. The van der Waals surface area contributed by atoms with E-state index in [0.29, 0.717) is 37.1 Å². The number of aromatic nitrogens is 1. The van der Waals surface area contributed by atoms with Crippen LogP contribution in [0.2, 0.25) is 0 Å². The highest BCUT2D eigenvalue weighted by Gasteiger charge is 2.38. The lowest BCUT2D eigenvalue weighted by Crippen LogP contribution is -2.45. The smallest absolute Gasteiger partial charge is 0.234 e. The molecular formula is C24H24BrFN4O3S. The summed E-state index contributed by atoms with van der Waals surface area (Å²) in [5.41, 5.74) is 1.44. The van der Waals surface area contributed by atoms with Crippen LogP contribution in [-0.4, -0.2) is 67.6 Å². The number of rotatable bonds is 6. The summed E-state index contributed by atoms with van der Waals surface area (Å²) in [4.78, 5) is 36.8. The van der Waals surface area contributed by atoms with Crippen molar-refractivity contribution < 1.29 is 18.7 Å². The highest BCUT2D eigenvalue weighted by atomic mass is 79.9. The molecule has 2 fully saturated rings. The van der Waals surface area contributed by atoms with E-state index in [9.17, 15) is 14.0 Å². The minimum atomic E-state index is -0.485. The summed E-state index contributed by atoms with van der Waals surface area (Å²) in [5, 5.41) is 0.638. The Bertz CT molecular complexity index is 1200. The standard InChI is InChI=1S/C24H24BrFN4O3S/c25-17-1-6-20-21(14-17)34-24(27-20)29(8-7-28-9-11-33-12-10-28)23(32)16-13-22(31)30(15-16)19-4-2-18(26)3-5-19/h1-6,14,16H,7-13,15H2. The molecule has 1 unspecified atom stereocenters. The minimum absolute atomic E-state index is 0.107. The number of amides is 2. The zero-order valence-corrected chi connectivity index (χ0v) is 20.9. The van der Waals surface area contributed by atoms with Crippen LogP contribution in [0.3, 0.4) is 0 Å². The van der Waals surface area contributed by atoms with Gasteiger partial charge in [0, 0.05) is 49.3 Å². The molecule has 0 spiro atoms. The van der Waals surface area contributed by atoms with Gasteiger partial charge in [-0.3, -0.25) is 19.4 Å². The number of ether oxygens (including phenoxy) is 1. The monoisotopic (exact) mass is 546 g/mol. The highest BCUT2D eigenvalue weighted by Crippen LogP contribution is 2.33. The molecule has 3 aromatic rings. The molecule has 2 saturated heterocycles. The number of hydrogen-bond acceptors (Lipinski definition) is 6. The third-order valence-electron chi connectivity index (χ3n) is 6.19. The Labute approximate surface area is 209 Å². The van der Waals surface area contributed by atoms with Gasteiger partial charge in [0.15, 0.2) is 5.13 Å². The van der Waals surface area contributed by atoms with Gasteiger partial charge in [-0.05, 0) is 42.5 Å². The molecule has 2 aromatic carbocycles. The summed E-state index contributed by atoms with van der Waals surface area (Å²) >= 11 is 4.97. The van der Waals surface area contributed by atoms with Crippen LogP contribution in [0.4, 0.5) is 15.2 Å². The Morgan fingerprint density at radius 3 is 2.74 bits per heavy atom. The third-order valence-corrected chi connectivity index (χ3v) is 7.73. The van der Waals surface area contributed by atoms with Crippen molar-refractivity contribution in [1.82, 2.24) is 9.88 Å². The molecule has 2 aliphatic heterocycles. The van der Waals surface area contributed by atoms with Crippen LogP contribution in [0, 0.1) is 11.7 Å². The normalized spacial score (nSPS) is 19.2. The highest BCUT2D eigenvalue weighted by molar-refractivity contribution is 9.10. The minimum Gasteiger partial charge on any atom is -0.379 e. The van der Waals surface area contributed by atoms with Crippen molar-refractivity contribution in [2.45, 2.75) is 6.42 Å². The van der Waals surface area contributed by atoms with Crippen molar-refractivity contribution in [3.05, 3.63) is 52.8 Å². The van der Waals surface area contributed by atoms with Gasteiger partial charge < -0.3 is 9.64 Å². The molecule has 0 radical (unpaired) electrons. The summed E-state index contributed by atoms with van der Waals surface area (Å²) in [7, 11) is 0. The lowest BCUT2D eigenvalue weighted by atomic mass is 10.1. The number of carbonyl (C=O) groups excluding carboxylic acids is 2. The van der Waals surface area contributed by atoms with E-state index in [4.69, 9.17) is 9.72 Å². The predicted octanol–water partition coefficient (Wildman–Crippen LogP) is 3.92. The van der Waals surface area contributed by atoms with E-state index in [1.54, 1.807) is 21.9 Å². The van der Waals surface area contributed by atoms with Gasteiger partial charge in [-0.1, -0.05) is 27.3 Å². The molecule has 1 aromatic heterocycles. The third kappa shape index (κ3) is 5.00. The van der Waals surface area contributed by atoms with Gasteiger partial charge in [0.05, 0.1) is 29.3 Å². The average Bonchev–Trinajstić information content (AvgIpc) is 3.43. The molecule has 0 saturated carbocycles. The maximum Gasteiger partial charge on any atom is 0.234 e. The van der Waals surface area contributed by atoms with Gasteiger partial charge in [0.25, 0.3) is 0 Å². The van der Waals surface area contributed by atoms with Gasteiger partial charge >= 0.3 is 0 Å². The molecule has 34 heavy (non-hydrogen) atoms. The fourth-order valence-corrected chi connectivity index (χ4v) is 5.88. The Morgan fingerprint density at radius 1 is 1.21 bits per heavy atom. The molecule has 0 aliphatic carbocycles. The predicted molar refractivity (Wildman–Crippen MR) is 134 cm³/mol. The zero-order chi connectivity index (χ0) is 23.7. The largest absolute Gasteiger partial charge is 0.379 e. The molecule has 5 rings (SSSR count). The van der Waals surface area contributed by atoms with Crippen LogP contribution in [0.5, 0.6) is 0 Å². The zero-order valence-electron chi connectivity index (χ0n) is 18.5. The van der Waals surface area contributed by atoms with Crippen molar-refractivity contribution in [2.24, 2.45) is 5.92 Å². The number of anilines is 2. The van der Waals surface area contributed by atoms with E-state index in [1.165, 1.54) is 23.5 Å². The fourth-order valence-electron chi connectivity index (χ4n) is 4.33. The van der Waals surface area contributed by atoms with Crippen LogP contribution in [-0.2, 0) is 14.3 Å². The number of benzene rings is 2. The lowest BCUT2D eigenvalue weighted by molar-refractivity contribution is -0.124. The van der Waals surface area contributed by atoms with Crippen LogP contribution >= 0.6 is 27.3 Å². The molecule has 0 bridgehead atoms. The van der Waals surface area contributed by atoms with Gasteiger partial charge in [0.2, 0.25) is 11.8 Å². The fraction of sp³-hybridized carbons (Fsp3) is 0.375. The maximum atomic E-state index is 13.7. The molecular weight excluding hydrogens is 523 g/mol.